The number of nitrogens with zero attached hydrogens (tertiary/aromatic N) is 1. The number of anilines is 2. The van der Waals surface area contributed by atoms with E-state index in [1.165, 1.54) is 13.3 Å². The fourth-order valence-corrected chi connectivity index (χ4v) is 7.02. The highest BCUT2D eigenvalue weighted by Crippen LogP contribution is 2.65. The maximum atomic E-state index is 13.3. The van der Waals surface area contributed by atoms with Crippen LogP contribution in [0.1, 0.15) is 39.0 Å². The van der Waals surface area contributed by atoms with Crippen LogP contribution in [-0.4, -0.2) is 34.6 Å². The summed E-state index contributed by atoms with van der Waals surface area (Å²) in [6.07, 6.45) is 8.30. The van der Waals surface area contributed by atoms with Crippen molar-refractivity contribution in [2.24, 2.45) is 41.4 Å². The first kappa shape index (κ1) is 20.6. The molecule has 4 amide bonds. The van der Waals surface area contributed by atoms with Crippen LogP contribution in [0.25, 0.3) is 0 Å². The van der Waals surface area contributed by atoms with Gasteiger partial charge in [0.25, 0.3) is 0 Å². The summed E-state index contributed by atoms with van der Waals surface area (Å²) in [5.74, 6) is 1.25. The summed E-state index contributed by atoms with van der Waals surface area (Å²) >= 11 is 0. The Morgan fingerprint density at radius 3 is 1.85 bits per heavy atom. The van der Waals surface area contributed by atoms with E-state index in [1.807, 2.05) is 0 Å². The second-order valence-electron chi connectivity index (χ2n) is 10.5. The Hall–Kier alpha value is -2.96. The monoisotopic (exact) mass is 447 g/mol. The quantitative estimate of drug-likeness (QED) is 0.547. The smallest absolute Gasteiger partial charge is 0.233 e. The summed E-state index contributed by atoms with van der Waals surface area (Å²) in [6, 6.07) is 6.97. The normalized spacial score (nSPS) is 38.0. The van der Waals surface area contributed by atoms with Gasteiger partial charge in [0.15, 0.2) is 0 Å². The maximum absolute atomic E-state index is 13.3. The standard InChI is InChI=1S/C26H29N3O4/c1-13(30)27-15-4-6-16(7-5-15)28-24(31)14-2-8-17(9-3-14)29-25(32)22-18-10-11-19(21-12-20(18)21)23(22)26(29)33/h4-7,10-11,14,17-23H,2-3,8-9,12H2,1H3,(H,27,30)(H,28,31)/t14?,17?,18-,19-,20-,21+,22-,23+/m0/s1. The zero-order valence-electron chi connectivity index (χ0n) is 18.7. The van der Waals surface area contributed by atoms with Gasteiger partial charge in [0.2, 0.25) is 23.6 Å². The molecule has 1 aliphatic heterocycles. The molecule has 0 aromatic heterocycles. The van der Waals surface area contributed by atoms with Crippen molar-refractivity contribution >= 4 is 35.0 Å². The second-order valence-corrected chi connectivity index (χ2v) is 10.5. The van der Waals surface area contributed by atoms with E-state index >= 15 is 0 Å². The summed E-state index contributed by atoms with van der Waals surface area (Å²) in [7, 11) is 0. The Balaban J connectivity index is 1.06. The van der Waals surface area contributed by atoms with E-state index in [0.29, 0.717) is 48.9 Å². The molecule has 2 N–H and O–H groups in total. The minimum Gasteiger partial charge on any atom is -0.326 e. The van der Waals surface area contributed by atoms with Gasteiger partial charge in [-0.2, -0.15) is 0 Å². The lowest BCUT2D eigenvalue weighted by atomic mass is 9.63. The fraction of sp³-hybridized carbons (Fsp3) is 0.538. The van der Waals surface area contributed by atoms with E-state index in [4.69, 9.17) is 0 Å². The number of carbonyl (C=O) groups is 4. The number of hydrogen-bond donors (Lipinski definition) is 2. The van der Waals surface area contributed by atoms with Gasteiger partial charge in [0.05, 0.1) is 11.8 Å². The highest BCUT2D eigenvalue weighted by Gasteiger charge is 2.67. The molecule has 4 fully saturated rings. The van der Waals surface area contributed by atoms with Crippen molar-refractivity contribution in [1.29, 1.82) is 0 Å². The summed E-state index contributed by atoms with van der Waals surface area (Å²) in [5.41, 5.74) is 1.37. The van der Waals surface area contributed by atoms with Crippen molar-refractivity contribution in [2.75, 3.05) is 10.6 Å². The first-order valence-electron chi connectivity index (χ1n) is 12.2. The van der Waals surface area contributed by atoms with E-state index in [-0.39, 0.29) is 59.3 Å². The number of nitrogens with one attached hydrogen (secondary N) is 2. The summed E-state index contributed by atoms with van der Waals surface area (Å²) in [6.45, 7) is 1.45. The van der Waals surface area contributed by atoms with Crippen LogP contribution < -0.4 is 10.6 Å². The SMILES string of the molecule is CC(=O)Nc1ccc(NC(=O)C2CCC(N3C(=O)[C@@H]4[C@H]5C=C[C@@H]([C@@H]6C[C@H]56)[C@@H]4C3=O)CC2)cc1. The average Bonchev–Trinajstić information content (AvgIpc) is 3.58. The van der Waals surface area contributed by atoms with Gasteiger partial charge < -0.3 is 10.6 Å². The molecule has 5 aliphatic carbocycles. The zero-order chi connectivity index (χ0) is 22.9. The summed E-state index contributed by atoms with van der Waals surface area (Å²) in [5, 5.41) is 5.66. The van der Waals surface area contributed by atoms with E-state index < -0.39 is 0 Å². The molecule has 172 valence electrons. The largest absolute Gasteiger partial charge is 0.326 e. The second kappa shape index (κ2) is 7.54. The lowest BCUT2D eigenvalue weighted by molar-refractivity contribution is -0.144. The highest BCUT2D eigenvalue weighted by atomic mass is 16.2. The van der Waals surface area contributed by atoms with E-state index in [1.54, 1.807) is 29.2 Å². The Labute approximate surface area is 193 Å². The van der Waals surface area contributed by atoms with E-state index in [9.17, 15) is 19.2 Å². The molecule has 7 rings (SSSR count). The van der Waals surface area contributed by atoms with Crippen molar-refractivity contribution in [3.05, 3.63) is 36.4 Å². The first-order chi connectivity index (χ1) is 15.9. The predicted molar refractivity (Wildman–Crippen MR) is 122 cm³/mol. The Kier molecular flexibility index (Phi) is 4.71. The molecule has 33 heavy (non-hydrogen) atoms. The van der Waals surface area contributed by atoms with Crippen LogP contribution in [0.3, 0.4) is 0 Å². The Bertz CT molecular complexity index is 1020. The van der Waals surface area contributed by atoms with Crippen molar-refractivity contribution in [2.45, 2.75) is 45.1 Å². The van der Waals surface area contributed by atoms with Crippen LogP contribution in [0.15, 0.2) is 36.4 Å². The van der Waals surface area contributed by atoms with Crippen LogP contribution >= 0.6 is 0 Å². The van der Waals surface area contributed by atoms with Crippen molar-refractivity contribution < 1.29 is 19.2 Å². The number of imide groups is 1. The predicted octanol–water partition coefficient (Wildman–Crippen LogP) is 3.20. The lowest BCUT2D eigenvalue weighted by Crippen LogP contribution is -2.44. The molecule has 7 nitrogen and oxygen atoms in total. The van der Waals surface area contributed by atoms with Crippen LogP contribution in [0.4, 0.5) is 11.4 Å². The molecule has 7 heteroatoms. The number of rotatable bonds is 4. The summed E-state index contributed by atoms with van der Waals surface area (Å²) in [4.78, 5) is 52.2. The van der Waals surface area contributed by atoms with Crippen LogP contribution in [0.5, 0.6) is 0 Å². The number of amides is 4. The molecule has 3 saturated carbocycles. The van der Waals surface area contributed by atoms with Gasteiger partial charge in [-0.05, 0) is 80.0 Å². The average molecular weight is 448 g/mol. The number of benzene rings is 1. The number of hydrogen-bond acceptors (Lipinski definition) is 4. The highest BCUT2D eigenvalue weighted by molar-refractivity contribution is 6.06. The zero-order valence-corrected chi connectivity index (χ0v) is 18.7. The first-order valence-corrected chi connectivity index (χ1v) is 12.2. The van der Waals surface area contributed by atoms with Crippen LogP contribution in [0.2, 0.25) is 0 Å². The van der Waals surface area contributed by atoms with Gasteiger partial charge in [-0.3, -0.25) is 24.1 Å². The molecule has 0 radical (unpaired) electrons. The maximum Gasteiger partial charge on any atom is 0.233 e. The molecule has 2 bridgehead atoms. The van der Waals surface area contributed by atoms with Gasteiger partial charge in [-0.1, -0.05) is 12.2 Å². The lowest BCUT2D eigenvalue weighted by Gasteiger charge is -2.37. The molecule has 6 aliphatic rings. The molecule has 1 aromatic carbocycles. The molecule has 0 unspecified atom stereocenters. The number of allylic oxidation sites excluding steroid dienone is 2. The summed E-state index contributed by atoms with van der Waals surface area (Å²) < 4.78 is 0. The van der Waals surface area contributed by atoms with Crippen LogP contribution in [-0.2, 0) is 19.2 Å². The number of likely N-dealkylation sites (tertiary alicyclic amines) is 1. The number of carbonyl (C=O) groups excluding carboxylic acids is 4. The molecule has 1 saturated heterocycles. The van der Waals surface area contributed by atoms with Crippen molar-refractivity contribution in [1.82, 2.24) is 4.90 Å². The third-order valence-electron chi connectivity index (χ3n) is 8.60. The molecule has 1 heterocycles. The van der Waals surface area contributed by atoms with Crippen LogP contribution in [0, 0.1) is 41.4 Å². The van der Waals surface area contributed by atoms with Crippen molar-refractivity contribution in [3.63, 3.8) is 0 Å². The molecule has 6 atom stereocenters. The third kappa shape index (κ3) is 3.31. The van der Waals surface area contributed by atoms with E-state index in [2.05, 4.69) is 22.8 Å². The van der Waals surface area contributed by atoms with Crippen molar-refractivity contribution in [3.8, 4) is 0 Å². The molecule has 0 spiro atoms. The Morgan fingerprint density at radius 1 is 0.818 bits per heavy atom. The van der Waals surface area contributed by atoms with Gasteiger partial charge >= 0.3 is 0 Å². The molecule has 1 aromatic rings. The minimum absolute atomic E-state index is 0.0317. The molecular formula is C26H29N3O4. The molecular weight excluding hydrogens is 418 g/mol. The Morgan fingerprint density at radius 2 is 1.33 bits per heavy atom. The minimum atomic E-state index is -0.141. The third-order valence-corrected chi connectivity index (χ3v) is 8.60. The fourth-order valence-electron chi connectivity index (χ4n) is 7.02. The van der Waals surface area contributed by atoms with Gasteiger partial charge in [0.1, 0.15) is 0 Å². The van der Waals surface area contributed by atoms with E-state index in [0.717, 1.165) is 0 Å². The van der Waals surface area contributed by atoms with Gasteiger partial charge in [-0.25, -0.2) is 0 Å². The van der Waals surface area contributed by atoms with Gasteiger partial charge in [-0.15, -0.1) is 0 Å². The topological polar surface area (TPSA) is 95.6 Å². The van der Waals surface area contributed by atoms with Gasteiger partial charge in [0, 0.05) is 30.3 Å².